The van der Waals surface area contributed by atoms with Gasteiger partial charge < -0.3 is 5.32 Å². The largest absolute Gasteiger partial charge is 0.313 e. The summed E-state index contributed by atoms with van der Waals surface area (Å²) in [4.78, 5) is 2.73. The molecule has 1 aliphatic heterocycles. The maximum absolute atomic E-state index is 3.63. The zero-order chi connectivity index (χ0) is 12.0. The lowest BCUT2D eigenvalue weighted by Gasteiger charge is -2.38. The molecule has 0 radical (unpaired) electrons. The van der Waals surface area contributed by atoms with Crippen molar-refractivity contribution in [1.29, 1.82) is 0 Å². The highest BCUT2D eigenvalue weighted by molar-refractivity contribution is 4.84. The molecule has 0 saturated carbocycles. The molecule has 0 aromatic heterocycles. The molecule has 0 amide bonds. The lowest BCUT2D eigenvalue weighted by atomic mass is 10.0. The average Bonchev–Trinajstić information content (AvgIpc) is 2.50. The van der Waals surface area contributed by atoms with Gasteiger partial charge in [-0.15, -0.1) is 0 Å². The minimum Gasteiger partial charge on any atom is -0.313 e. The Balaban J connectivity index is 2.57. The molecular formula is C14H30N2. The Kier molecular flexibility index (Phi) is 6.37. The molecule has 3 atom stereocenters. The predicted molar refractivity (Wildman–Crippen MR) is 71.9 cm³/mol. The summed E-state index contributed by atoms with van der Waals surface area (Å²) in [6.45, 7) is 11.7. The van der Waals surface area contributed by atoms with Crippen LogP contribution in [0, 0.1) is 0 Å². The molecule has 1 N–H and O–H groups in total. The minimum atomic E-state index is 0.658. The second kappa shape index (κ2) is 7.29. The van der Waals surface area contributed by atoms with Gasteiger partial charge in [-0.25, -0.2) is 0 Å². The zero-order valence-electron chi connectivity index (χ0n) is 11.6. The maximum atomic E-state index is 3.63. The Morgan fingerprint density at radius 2 is 2.00 bits per heavy atom. The van der Waals surface area contributed by atoms with Crippen LogP contribution < -0.4 is 5.32 Å². The maximum Gasteiger partial charge on any atom is 0.0223 e. The number of nitrogens with one attached hydrogen (secondary N) is 1. The van der Waals surface area contributed by atoms with Crippen LogP contribution in [0.1, 0.15) is 59.8 Å². The van der Waals surface area contributed by atoms with Crippen LogP contribution in [0.25, 0.3) is 0 Å². The van der Waals surface area contributed by atoms with Gasteiger partial charge in [-0.05, 0) is 46.2 Å². The first-order valence-corrected chi connectivity index (χ1v) is 7.19. The van der Waals surface area contributed by atoms with E-state index in [9.17, 15) is 0 Å². The van der Waals surface area contributed by atoms with Gasteiger partial charge in [0.25, 0.3) is 0 Å². The highest BCUT2D eigenvalue weighted by atomic mass is 15.2. The van der Waals surface area contributed by atoms with Gasteiger partial charge in [0.05, 0.1) is 0 Å². The van der Waals surface area contributed by atoms with E-state index in [2.05, 4.69) is 37.9 Å². The van der Waals surface area contributed by atoms with Crippen LogP contribution in [-0.4, -0.2) is 36.1 Å². The first kappa shape index (κ1) is 14.0. The van der Waals surface area contributed by atoms with E-state index in [1.54, 1.807) is 0 Å². The molecule has 1 rings (SSSR count). The summed E-state index contributed by atoms with van der Waals surface area (Å²) in [5.41, 5.74) is 0. The van der Waals surface area contributed by atoms with Gasteiger partial charge in [0.2, 0.25) is 0 Å². The Hall–Kier alpha value is -0.0800. The highest BCUT2D eigenvalue weighted by Crippen LogP contribution is 2.20. The van der Waals surface area contributed by atoms with Crippen LogP contribution in [0.15, 0.2) is 0 Å². The van der Waals surface area contributed by atoms with Crippen molar-refractivity contribution in [3.05, 3.63) is 0 Å². The van der Waals surface area contributed by atoms with Crippen molar-refractivity contribution >= 4 is 0 Å². The third-order valence-corrected chi connectivity index (χ3v) is 4.12. The molecule has 0 bridgehead atoms. The van der Waals surface area contributed by atoms with Crippen LogP contribution in [0.4, 0.5) is 0 Å². The van der Waals surface area contributed by atoms with Gasteiger partial charge in [-0.1, -0.05) is 26.7 Å². The first-order valence-electron chi connectivity index (χ1n) is 7.19. The molecule has 1 saturated heterocycles. The van der Waals surface area contributed by atoms with Crippen LogP contribution >= 0.6 is 0 Å². The predicted octanol–water partition coefficient (Wildman–Crippen LogP) is 3.03. The summed E-state index contributed by atoms with van der Waals surface area (Å²) < 4.78 is 0. The average molecular weight is 226 g/mol. The smallest absolute Gasteiger partial charge is 0.0223 e. The summed E-state index contributed by atoms with van der Waals surface area (Å²) >= 11 is 0. The first-order chi connectivity index (χ1) is 7.70. The van der Waals surface area contributed by atoms with Crippen molar-refractivity contribution in [3.63, 3.8) is 0 Å². The summed E-state index contributed by atoms with van der Waals surface area (Å²) in [6.07, 6.45) is 6.84. The lowest BCUT2D eigenvalue weighted by molar-refractivity contribution is 0.125. The second-order valence-corrected chi connectivity index (χ2v) is 5.25. The van der Waals surface area contributed by atoms with Crippen LogP contribution in [0.5, 0.6) is 0 Å². The number of likely N-dealkylation sites (tertiary alicyclic amines) is 1. The topological polar surface area (TPSA) is 15.3 Å². The molecule has 1 aliphatic rings. The number of rotatable bonds is 5. The Morgan fingerprint density at radius 1 is 1.25 bits per heavy atom. The van der Waals surface area contributed by atoms with Gasteiger partial charge in [0.15, 0.2) is 0 Å². The Labute approximate surface area is 102 Å². The van der Waals surface area contributed by atoms with E-state index in [0.29, 0.717) is 12.1 Å². The lowest BCUT2D eigenvalue weighted by Crippen LogP contribution is -2.51. The standard InChI is InChI=1S/C14H30N2/c1-5-14(15-6-2)13(4)16-11-9-7-8-10-12(16)3/h12-15H,5-11H2,1-4H3. The van der Waals surface area contributed by atoms with E-state index in [0.717, 1.165) is 12.6 Å². The summed E-state index contributed by atoms with van der Waals surface area (Å²) in [5.74, 6) is 0. The zero-order valence-corrected chi connectivity index (χ0v) is 11.6. The third-order valence-electron chi connectivity index (χ3n) is 4.12. The third kappa shape index (κ3) is 3.74. The van der Waals surface area contributed by atoms with E-state index in [4.69, 9.17) is 0 Å². The second-order valence-electron chi connectivity index (χ2n) is 5.25. The van der Waals surface area contributed by atoms with Crippen molar-refractivity contribution in [2.75, 3.05) is 13.1 Å². The van der Waals surface area contributed by atoms with Crippen molar-refractivity contribution in [1.82, 2.24) is 10.2 Å². The molecule has 96 valence electrons. The fraction of sp³-hybridized carbons (Fsp3) is 1.00. The van der Waals surface area contributed by atoms with Crippen molar-refractivity contribution in [3.8, 4) is 0 Å². The van der Waals surface area contributed by atoms with Gasteiger partial charge in [-0.3, -0.25) is 4.90 Å². The molecule has 0 aromatic carbocycles. The molecular weight excluding hydrogens is 196 g/mol. The van der Waals surface area contributed by atoms with Crippen LogP contribution in [-0.2, 0) is 0 Å². The molecule has 1 heterocycles. The highest BCUT2D eigenvalue weighted by Gasteiger charge is 2.26. The minimum absolute atomic E-state index is 0.658. The van der Waals surface area contributed by atoms with Crippen molar-refractivity contribution in [2.45, 2.75) is 77.9 Å². The van der Waals surface area contributed by atoms with E-state index in [1.807, 2.05) is 0 Å². The normalized spacial score (nSPS) is 27.4. The molecule has 1 fully saturated rings. The van der Waals surface area contributed by atoms with Gasteiger partial charge in [-0.2, -0.15) is 0 Å². The van der Waals surface area contributed by atoms with E-state index in [1.165, 1.54) is 38.6 Å². The molecule has 0 spiro atoms. The van der Waals surface area contributed by atoms with Gasteiger partial charge in [0, 0.05) is 18.1 Å². The van der Waals surface area contributed by atoms with Crippen molar-refractivity contribution < 1.29 is 0 Å². The summed E-state index contributed by atoms with van der Waals surface area (Å²) in [5, 5.41) is 3.63. The summed E-state index contributed by atoms with van der Waals surface area (Å²) in [7, 11) is 0. The van der Waals surface area contributed by atoms with Gasteiger partial charge >= 0.3 is 0 Å². The monoisotopic (exact) mass is 226 g/mol. The number of hydrogen-bond acceptors (Lipinski definition) is 2. The molecule has 16 heavy (non-hydrogen) atoms. The molecule has 0 aromatic rings. The van der Waals surface area contributed by atoms with Gasteiger partial charge in [0.1, 0.15) is 0 Å². The Morgan fingerprint density at radius 3 is 2.62 bits per heavy atom. The molecule has 2 heteroatoms. The SMILES string of the molecule is CCNC(CC)C(C)N1CCCCCC1C. The van der Waals surface area contributed by atoms with E-state index >= 15 is 0 Å². The fourth-order valence-corrected chi connectivity index (χ4v) is 3.05. The van der Waals surface area contributed by atoms with E-state index < -0.39 is 0 Å². The quantitative estimate of drug-likeness (QED) is 0.775. The van der Waals surface area contributed by atoms with Crippen LogP contribution in [0.3, 0.4) is 0 Å². The number of hydrogen-bond donors (Lipinski definition) is 1. The van der Waals surface area contributed by atoms with Crippen LogP contribution in [0.2, 0.25) is 0 Å². The summed E-state index contributed by atoms with van der Waals surface area (Å²) in [6, 6.07) is 2.11. The fourth-order valence-electron chi connectivity index (χ4n) is 3.05. The van der Waals surface area contributed by atoms with E-state index in [-0.39, 0.29) is 0 Å². The molecule has 2 nitrogen and oxygen atoms in total. The number of nitrogens with zero attached hydrogens (tertiary/aromatic N) is 1. The van der Waals surface area contributed by atoms with Crippen molar-refractivity contribution in [2.24, 2.45) is 0 Å². The number of likely N-dealkylation sites (N-methyl/N-ethyl adjacent to an activating group) is 1. The Bertz CT molecular complexity index is 182. The molecule has 0 aliphatic carbocycles. The molecule has 3 unspecified atom stereocenters.